The van der Waals surface area contributed by atoms with E-state index in [9.17, 15) is 9.90 Å². The molecule has 0 radical (unpaired) electrons. The summed E-state index contributed by atoms with van der Waals surface area (Å²) in [5.74, 6) is -0.168. The van der Waals surface area contributed by atoms with E-state index in [1.165, 1.54) is 11.3 Å². The standard InChI is InChI=1S/C14H20N4O2S/c1-6-9-10(15)11(21-13(9)18(4)17-6)12(20)16-7-5-8(19)14(7,2)3/h7-8,19H,5,15H2,1-4H3,(H,16,20). The topological polar surface area (TPSA) is 93.2 Å². The second kappa shape index (κ2) is 4.45. The van der Waals surface area contributed by atoms with Crippen molar-refractivity contribution in [2.45, 2.75) is 39.3 Å². The number of aromatic nitrogens is 2. The van der Waals surface area contributed by atoms with Crippen molar-refractivity contribution in [1.29, 1.82) is 0 Å². The zero-order valence-electron chi connectivity index (χ0n) is 12.6. The molecule has 0 spiro atoms. The van der Waals surface area contributed by atoms with Gasteiger partial charge in [-0.1, -0.05) is 13.8 Å². The SMILES string of the molecule is Cc1nn(C)c2sc(C(=O)NC3CC(O)C3(C)C)c(N)c12. The van der Waals surface area contributed by atoms with Crippen molar-refractivity contribution in [1.82, 2.24) is 15.1 Å². The van der Waals surface area contributed by atoms with E-state index in [4.69, 9.17) is 5.73 Å². The highest BCUT2D eigenvalue weighted by Crippen LogP contribution is 2.41. The maximum atomic E-state index is 12.5. The Balaban J connectivity index is 1.89. The fourth-order valence-corrected chi connectivity index (χ4v) is 3.96. The summed E-state index contributed by atoms with van der Waals surface area (Å²) >= 11 is 1.36. The third-order valence-electron chi connectivity index (χ3n) is 4.61. The average molecular weight is 308 g/mol. The maximum Gasteiger partial charge on any atom is 0.263 e. The molecule has 1 saturated carbocycles. The molecule has 0 aromatic carbocycles. The van der Waals surface area contributed by atoms with Gasteiger partial charge in [0, 0.05) is 18.5 Å². The van der Waals surface area contributed by atoms with E-state index in [1.807, 2.05) is 27.8 Å². The van der Waals surface area contributed by atoms with Crippen LogP contribution in [0.3, 0.4) is 0 Å². The second-order valence-corrected chi connectivity index (χ2v) is 7.33. The average Bonchev–Trinajstić information content (AvgIpc) is 2.89. The number of rotatable bonds is 2. The number of fused-ring (bicyclic) bond motifs is 1. The summed E-state index contributed by atoms with van der Waals surface area (Å²) in [4.78, 5) is 13.9. The van der Waals surface area contributed by atoms with E-state index in [1.54, 1.807) is 4.68 Å². The number of aliphatic hydroxyl groups excluding tert-OH is 1. The van der Waals surface area contributed by atoms with Gasteiger partial charge in [-0.3, -0.25) is 9.48 Å². The number of amides is 1. The Morgan fingerprint density at radius 1 is 1.57 bits per heavy atom. The number of nitrogens with two attached hydrogens (primary N) is 1. The first kappa shape index (κ1) is 14.3. The van der Waals surface area contributed by atoms with Crippen LogP contribution < -0.4 is 11.1 Å². The number of thiophene rings is 1. The maximum absolute atomic E-state index is 12.5. The molecule has 21 heavy (non-hydrogen) atoms. The molecule has 7 heteroatoms. The molecule has 1 fully saturated rings. The normalized spacial score (nSPS) is 24.0. The van der Waals surface area contributed by atoms with Gasteiger partial charge in [0.1, 0.15) is 9.71 Å². The van der Waals surface area contributed by atoms with Gasteiger partial charge in [-0.15, -0.1) is 11.3 Å². The molecule has 2 heterocycles. The third-order valence-corrected chi connectivity index (χ3v) is 5.88. The van der Waals surface area contributed by atoms with Crippen molar-refractivity contribution in [3.05, 3.63) is 10.6 Å². The van der Waals surface area contributed by atoms with Crippen LogP contribution in [0.15, 0.2) is 0 Å². The van der Waals surface area contributed by atoms with Crippen LogP contribution in [-0.2, 0) is 7.05 Å². The van der Waals surface area contributed by atoms with Crippen molar-refractivity contribution >= 4 is 33.1 Å². The zero-order valence-corrected chi connectivity index (χ0v) is 13.4. The number of aryl methyl sites for hydroxylation is 2. The first-order valence-corrected chi connectivity index (χ1v) is 7.75. The highest BCUT2D eigenvalue weighted by molar-refractivity contribution is 7.21. The Morgan fingerprint density at radius 3 is 2.76 bits per heavy atom. The minimum Gasteiger partial charge on any atom is -0.397 e. The predicted molar refractivity (Wildman–Crippen MR) is 83.4 cm³/mol. The highest BCUT2D eigenvalue weighted by atomic mass is 32.1. The van der Waals surface area contributed by atoms with E-state index in [0.29, 0.717) is 17.0 Å². The van der Waals surface area contributed by atoms with Crippen LogP contribution >= 0.6 is 11.3 Å². The number of hydrogen-bond donors (Lipinski definition) is 3. The molecule has 1 aliphatic rings. The van der Waals surface area contributed by atoms with Gasteiger partial charge in [0.2, 0.25) is 0 Å². The number of carbonyl (C=O) groups excluding carboxylic acids is 1. The van der Waals surface area contributed by atoms with Gasteiger partial charge in [-0.25, -0.2) is 0 Å². The molecule has 4 N–H and O–H groups in total. The minimum absolute atomic E-state index is 0.0242. The number of hydrogen-bond acceptors (Lipinski definition) is 5. The van der Waals surface area contributed by atoms with Crippen LogP contribution in [0, 0.1) is 12.3 Å². The van der Waals surface area contributed by atoms with Crippen molar-refractivity contribution in [2.24, 2.45) is 12.5 Å². The fourth-order valence-electron chi connectivity index (χ4n) is 2.87. The summed E-state index contributed by atoms with van der Waals surface area (Å²) in [6.07, 6.45) is 0.221. The summed E-state index contributed by atoms with van der Waals surface area (Å²) in [5, 5.41) is 17.9. The van der Waals surface area contributed by atoms with Crippen molar-refractivity contribution in [2.75, 3.05) is 5.73 Å². The lowest BCUT2D eigenvalue weighted by Gasteiger charge is -2.49. The van der Waals surface area contributed by atoms with E-state index in [2.05, 4.69) is 10.4 Å². The molecule has 1 aliphatic carbocycles. The van der Waals surface area contributed by atoms with Crippen LogP contribution in [0.4, 0.5) is 5.69 Å². The monoisotopic (exact) mass is 308 g/mol. The Hall–Kier alpha value is -1.60. The highest BCUT2D eigenvalue weighted by Gasteiger charge is 2.48. The lowest BCUT2D eigenvalue weighted by Crippen LogP contribution is -2.61. The van der Waals surface area contributed by atoms with Gasteiger partial charge in [-0.2, -0.15) is 5.10 Å². The van der Waals surface area contributed by atoms with Crippen molar-refractivity contribution in [3.63, 3.8) is 0 Å². The Morgan fingerprint density at radius 2 is 2.24 bits per heavy atom. The summed E-state index contributed by atoms with van der Waals surface area (Å²) in [7, 11) is 1.85. The quantitative estimate of drug-likeness (QED) is 0.782. The fraction of sp³-hybridized carbons (Fsp3) is 0.571. The van der Waals surface area contributed by atoms with Gasteiger partial charge >= 0.3 is 0 Å². The molecule has 2 atom stereocenters. The summed E-state index contributed by atoms with van der Waals surface area (Å²) in [6.45, 7) is 5.79. The molecule has 3 rings (SSSR count). The zero-order chi connectivity index (χ0) is 15.5. The van der Waals surface area contributed by atoms with Crippen LogP contribution in [-0.4, -0.2) is 32.9 Å². The van der Waals surface area contributed by atoms with Crippen LogP contribution in [0.2, 0.25) is 0 Å². The molecular weight excluding hydrogens is 288 g/mol. The molecule has 114 valence electrons. The number of nitrogens with one attached hydrogen (secondary N) is 1. The predicted octanol–water partition coefficient (Wildman–Crippen LogP) is 1.41. The Labute approximate surface area is 126 Å². The van der Waals surface area contributed by atoms with Crippen LogP contribution in [0.5, 0.6) is 0 Å². The molecule has 0 aliphatic heterocycles. The molecule has 0 bridgehead atoms. The van der Waals surface area contributed by atoms with Gasteiger partial charge in [0.05, 0.1) is 22.9 Å². The molecule has 2 aromatic rings. The van der Waals surface area contributed by atoms with Gasteiger partial charge in [-0.05, 0) is 13.3 Å². The number of aliphatic hydroxyl groups is 1. The second-order valence-electron chi connectivity index (χ2n) is 6.33. The molecule has 2 unspecified atom stereocenters. The number of nitrogen functional groups attached to an aromatic ring is 1. The lowest BCUT2D eigenvalue weighted by atomic mass is 9.64. The largest absolute Gasteiger partial charge is 0.397 e. The van der Waals surface area contributed by atoms with E-state index in [-0.39, 0.29) is 23.5 Å². The number of carbonyl (C=O) groups is 1. The molecular formula is C14H20N4O2S. The lowest BCUT2D eigenvalue weighted by molar-refractivity contribution is -0.0689. The summed E-state index contributed by atoms with van der Waals surface area (Å²) in [5.41, 5.74) is 7.17. The van der Waals surface area contributed by atoms with Crippen LogP contribution in [0.1, 0.15) is 35.6 Å². The number of anilines is 1. The number of nitrogens with zero attached hydrogens (tertiary/aromatic N) is 2. The minimum atomic E-state index is -0.367. The van der Waals surface area contributed by atoms with Gasteiger partial charge < -0.3 is 16.2 Å². The van der Waals surface area contributed by atoms with Crippen molar-refractivity contribution in [3.8, 4) is 0 Å². The van der Waals surface area contributed by atoms with Gasteiger partial charge in [0.15, 0.2) is 0 Å². The summed E-state index contributed by atoms with van der Waals surface area (Å²) < 4.78 is 1.75. The molecule has 0 saturated heterocycles. The first-order valence-electron chi connectivity index (χ1n) is 6.94. The smallest absolute Gasteiger partial charge is 0.263 e. The first-order chi connectivity index (χ1) is 9.73. The van der Waals surface area contributed by atoms with E-state index >= 15 is 0 Å². The summed E-state index contributed by atoms with van der Waals surface area (Å²) in [6, 6.07) is -0.0242. The van der Waals surface area contributed by atoms with Crippen LogP contribution in [0.25, 0.3) is 10.2 Å². The molecule has 2 aromatic heterocycles. The third kappa shape index (κ3) is 1.95. The van der Waals surface area contributed by atoms with Crippen molar-refractivity contribution < 1.29 is 9.90 Å². The molecule has 1 amide bonds. The van der Waals surface area contributed by atoms with E-state index in [0.717, 1.165) is 15.9 Å². The molecule has 6 nitrogen and oxygen atoms in total. The Kier molecular flexibility index (Phi) is 3.04. The Bertz CT molecular complexity index is 731. The van der Waals surface area contributed by atoms with E-state index < -0.39 is 0 Å². The van der Waals surface area contributed by atoms with Gasteiger partial charge in [0.25, 0.3) is 5.91 Å².